The summed E-state index contributed by atoms with van der Waals surface area (Å²) in [7, 11) is 0. The molecule has 1 atom stereocenters. The molecule has 0 radical (unpaired) electrons. The van der Waals surface area contributed by atoms with E-state index in [2.05, 4.69) is 29.6 Å². The first-order valence-corrected chi connectivity index (χ1v) is 8.49. The summed E-state index contributed by atoms with van der Waals surface area (Å²) in [5.41, 5.74) is 3.95. The van der Waals surface area contributed by atoms with E-state index in [0.717, 1.165) is 22.3 Å². The summed E-state index contributed by atoms with van der Waals surface area (Å²) in [6, 6.07) is 18.7. The zero-order valence-electron chi connectivity index (χ0n) is 13.2. The average molecular weight is 303 g/mol. The van der Waals surface area contributed by atoms with Gasteiger partial charge in [0.15, 0.2) is 5.78 Å². The van der Waals surface area contributed by atoms with Gasteiger partial charge in [0.25, 0.3) is 0 Å². The first-order chi connectivity index (χ1) is 11.3. The Morgan fingerprint density at radius 3 is 2.39 bits per heavy atom. The van der Waals surface area contributed by atoms with Gasteiger partial charge < -0.3 is 5.32 Å². The molecule has 2 aromatic carbocycles. The van der Waals surface area contributed by atoms with Crippen molar-refractivity contribution >= 4 is 11.9 Å². The molecule has 2 aliphatic carbocycles. The molecule has 0 saturated heterocycles. The van der Waals surface area contributed by atoms with Crippen LogP contribution in [-0.4, -0.2) is 11.8 Å². The maximum atomic E-state index is 12.9. The molecule has 1 N–H and O–H groups in total. The van der Waals surface area contributed by atoms with Gasteiger partial charge in [-0.1, -0.05) is 67.4 Å². The quantitative estimate of drug-likeness (QED) is 0.843. The number of rotatable bonds is 3. The lowest BCUT2D eigenvalue weighted by Crippen LogP contribution is -2.30. The minimum Gasteiger partial charge on any atom is -0.303 e. The van der Waals surface area contributed by atoms with E-state index in [0.29, 0.717) is 6.04 Å². The third-order valence-electron chi connectivity index (χ3n) is 4.97. The molecule has 2 heteroatoms. The van der Waals surface area contributed by atoms with Crippen LogP contribution in [0.25, 0.3) is 6.08 Å². The van der Waals surface area contributed by atoms with Crippen LogP contribution in [0.4, 0.5) is 0 Å². The highest BCUT2D eigenvalue weighted by Gasteiger charge is 2.35. The number of hydrogen-bond acceptors (Lipinski definition) is 2. The van der Waals surface area contributed by atoms with Gasteiger partial charge in [0.05, 0.1) is 6.04 Å². The summed E-state index contributed by atoms with van der Waals surface area (Å²) < 4.78 is 0. The number of benzene rings is 2. The summed E-state index contributed by atoms with van der Waals surface area (Å²) in [5.74, 6) is 0.167. The van der Waals surface area contributed by atoms with Crippen molar-refractivity contribution in [3.63, 3.8) is 0 Å². The van der Waals surface area contributed by atoms with Crippen molar-refractivity contribution in [3.05, 3.63) is 76.9 Å². The molecule has 116 valence electrons. The Morgan fingerprint density at radius 1 is 0.913 bits per heavy atom. The maximum absolute atomic E-state index is 12.9. The van der Waals surface area contributed by atoms with Crippen LogP contribution in [0.3, 0.4) is 0 Å². The summed E-state index contributed by atoms with van der Waals surface area (Å²) in [5, 5.41) is 3.75. The van der Waals surface area contributed by atoms with Crippen LogP contribution in [-0.2, 0) is 0 Å². The van der Waals surface area contributed by atoms with Gasteiger partial charge in [0.1, 0.15) is 0 Å². The van der Waals surface area contributed by atoms with Gasteiger partial charge >= 0.3 is 0 Å². The van der Waals surface area contributed by atoms with Crippen molar-refractivity contribution in [3.8, 4) is 0 Å². The van der Waals surface area contributed by atoms with Crippen LogP contribution in [0.1, 0.15) is 53.2 Å². The van der Waals surface area contributed by atoms with Crippen molar-refractivity contribution < 1.29 is 4.79 Å². The lowest BCUT2D eigenvalue weighted by atomic mass is 10.0. The monoisotopic (exact) mass is 303 g/mol. The first-order valence-electron chi connectivity index (χ1n) is 8.49. The minimum atomic E-state index is 0.0296. The summed E-state index contributed by atoms with van der Waals surface area (Å²) in [6.45, 7) is 0. The normalized spacial score (nSPS) is 22.7. The van der Waals surface area contributed by atoms with E-state index in [9.17, 15) is 4.79 Å². The van der Waals surface area contributed by atoms with E-state index in [-0.39, 0.29) is 11.8 Å². The second-order valence-corrected chi connectivity index (χ2v) is 6.51. The highest BCUT2D eigenvalue weighted by atomic mass is 16.1. The molecule has 4 rings (SSSR count). The van der Waals surface area contributed by atoms with Crippen molar-refractivity contribution in [2.45, 2.75) is 37.8 Å². The fourth-order valence-corrected chi connectivity index (χ4v) is 3.80. The molecular formula is C21H21NO. The summed E-state index contributed by atoms with van der Waals surface area (Å²) >= 11 is 0. The van der Waals surface area contributed by atoms with E-state index >= 15 is 0 Å². The van der Waals surface area contributed by atoms with Crippen LogP contribution in [0.2, 0.25) is 0 Å². The third-order valence-corrected chi connectivity index (χ3v) is 4.97. The predicted octanol–water partition coefficient (Wildman–Crippen LogP) is 4.54. The van der Waals surface area contributed by atoms with E-state index in [1.165, 1.54) is 25.7 Å². The fourth-order valence-electron chi connectivity index (χ4n) is 3.80. The SMILES string of the molecule is O=C1C(=Cc2ccccc2)C(NC2CCCC2)c2ccccc21. The minimum absolute atomic E-state index is 0.0296. The van der Waals surface area contributed by atoms with Gasteiger partial charge in [-0.15, -0.1) is 0 Å². The van der Waals surface area contributed by atoms with Gasteiger partial charge in [0, 0.05) is 17.2 Å². The molecule has 0 bridgehead atoms. The highest BCUT2D eigenvalue weighted by Crippen LogP contribution is 2.38. The number of fused-ring (bicyclic) bond motifs is 1. The molecule has 0 spiro atoms. The van der Waals surface area contributed by atoms with Crippen LogP contribution < -0.4 is 5.32 Å². The van der Waals surface area contributed by atoms with Crippen molar-refractivity contribution in [2.24, 2.45) is 0 Å². The third kappa shape index (κ3) is 2.75. The van der Waals surface area contributed by atoms with Gasteiger partial charge in [-0.3, -0.25) is 4.79 Å². The summed E-state index contributed by atoms with van der Waals surface area (Å²) in [6.07, 6.45) is 7.06. The molecule has 0 aromatic heterocycles. The smallest absolute Gasteiger partial charge is 0.191 e. The van der Waals surface area contributed by atoms with Gasteiger partial charge in [-0.25, -0.2) is 0 Å². The second kappa shape index (κ2) is 6.13. The molecule has 0 heterocycles. The molecule has 23 heavy (non-hydrogen) atoms. The van der Waals surface area contributed by atoms with Gasteiger partial charge in [-0.2, -0.15) is 0 Å². The maximum Gasteiger partial charge on any atom is 0.191 e. The molecule has 1 saturated carbocycles. The molecule has 0 aliphatic heterocycles. The lowest BCUT2D eigenvalue weighted by Gasteiger charge is -2.20. The van der Waals surface area contributed by atoms with Crippen LogP contribution in [0, 0.1) is 0 Å². The van der Waals surface area contributed by atoms with E-state index < -0.39 is 0 Å². The number of carbonyl (C=O) groups excluding carboxylic acids is 1. The Kier molecular flexibility index (Phi) is 3.84. The van der Waals surface area contributed by atoms with E-state index in [4.69, 9.17) is 0 Å². The number of Topliss-reactive ketones (excluding diaryl/α,β-unsaturated/α-hetero) is 1. The first kappa shape index (κ1) is 14.4. The van der Waals surface area contributed by atoms with Gasteiger partial charge in [-0.05, 0) is 30.0 Å². The zero-order chi connectivity index (χ0) is 15.6. The Balaban J connectivity index is 1.73. The molecule has 1 unspecified atom stereocenters. The Bertz CT molecular complexity index is 741. The Labute approximate surface area is 137 Å². The number of carbonyl (C=O) groups is 1. The van der Waals surface area contributed by atoms with Crippen molar-refractivity contribution in [1.82, 2.24) is 5.32 Å². The lowest BCUT2D eigenvalue weighted by molar-refractivity contribution is 0.103. The predicted molar refractivity (Wildman–Crippen MR) is 93.3 cm³/mol. The molecule has 1 fully saturated rings. The zero-order valence-corrected chi connectivity index (χ0v) is 13.2. The van der Waals surface area contributed by atoms with Crippen molar-refractivity contribution in [1.29, 1.82) is 0 Å². The standard InChI is InChI=1S/C21H21NO/c23-21-18-13-7-6-12-17(18)20(22-16-10-4-5-11-16)19(21)14-15-8-2-1-3-9-15/h1-3,6-9,12-14,16,20,22H,4-5,10-11H2. The molecule has 2 nitrogen and oxygen atoms in total. The fraction of sp³-hybridized carbons (Fsp3) is 0.286. The summed E-state index contributed by atoms with van der Waals surface area (Å²) in [4.78, 5) is 12.9. The topological polar surface area (TPSA) is 29.1 Å². The Morgan fingerprint density at radius 2 is 1.61 bits per heavy atom. The van der Waals surface area contributed by atoms with E-state index in [1.54, 1.807) is 0 Å². The number of nitrogens with one attached hydrogen (secondary N) is 1. The average Bonchev–Trinajstić information content (AvgIpc) is 3.19. The van der Waals surface area contributed by atoms with Crippen LogP contribution in [0.15, 0.2) is 60.2 Å². The molecule has 2 aromatic rings. The van der Waals surface area contributed by atoms with Crippen molar-refractivity contribution in [2.75, 3.05) is 0 Å². The molecule has 0 amide bonds. The highest BCUT2D eigenvalue weighted by molar-refractivity contribution is 6.16. The van der Waals surface area contributed by atoms with Crippen LogP contribution >= 0.6 is 0 Å². The molecule has 2 aliphatic rings. The number of hydrogen-bond donors (Lipinski definition) is 1. The largest absolute Gasteiger partial charge is 0.303 e. The molecular weight excluding hydrogens is 282 g/mol. The van der Waals surface area contributed by atoms with Crippen LogP contribution in [0.5, 0.6) is 0 Å². The van der Waals surface area contributed by atoms with Gasteiger partial charge in [0.2, 0.25) is 0 Å². The number of ketones is 1. The second-order valence-electron chi connectivity index (χ2n) is 6.51. The van der Waals surface area contributed by atoms with E-state index in [1.807, 2.05) is 36.4 Å². The Hall–Kier alpha value is -2.19.